The zero-order valence-corrected chi connectivity index (χ0v) is 14.1. The summed E-state index contributed by atoms with van der Waals surface area (Å²) in [6.45, 7) is 1.98. The van der Waals surface area contributed by atoms with Gasteiger partial charge in [-0.15, -0.1) is 0 Å². The van der Waals surface area contributed by atoms with Crippen molar-refractivity contribution in [1.82, 2.24) is 0 Å². The van der Waals surface area contributed by atoms with Crippen LogP contribution in [0.3, 0.4) is 0 Å². The van der Waals surface area contributed by atoms with Crippen LogP contribution in [0.25, 0.3) is 6.08 Å². The first kappa shape index (κ1) is 15.4. The van der Waals surface area contributed by atoms with Crippen molar-refractivity contribution in [2.75, 3.05) is 0 Å². The molecule has 0 saturated heterocycles. The van der Waals surface area contributed by atoms with E-state index in [0.29, 0.717) is 5.90 Å². The van der Waals surface area contributed by atoms with Crippen molar-refractivity contribution in [2.45, 2.75) is 6.92 Å². The van der Waals surface area contributed by atoms with Crippen LogP contribution in [0.15, 0.2) is 75.8 Å². The van der Waals surface area contributed by atoms with E-state index in [1.807, 2.05) is 67.6 Å². The van der Waals surface area contributed by atoms with E-state index in [2.05, 4.69) is 20.9 Å². The lowest BCUT2D eigenvalue weighted by Crippen LogP contribution is -2.05. The van der Waals surface area contributed by atoms with Gasteiger partial charge < -0.3 is 4.74 Å². The van der Waals surface area contributed by atoms with Gasteiger partial charge in [-0.3, -0.25) is 0 Å². The summed E-state index contributed by atoms with van der Waals surface area (Å²) in [6.07, 6.45) is 3.58. The largest absolute Gasteiger partial charge is 0.402 e. The molecule has 1 aliphatic rings. The number of cyclic esters (lactones) is 1. The van der Waals surface area contributed by atoms with Crippen molar-refractivity contribution in [2.24, 2.45) is 4.99 Å². The summed E-state index contributed by atoms with van der Waals surface area (Å²) in [6, 6.07) is 17.5. The molecule has 1 aliphatic heterocycles. The summed E-state index contributed by atoms with van der Waals surface area (Å²) in [7, 11) is 0. The number of hydrogen-bond donors (Lipinski definition) is 0. The van der Waals surface area contributed by atoms with E-state index < -0.39 is 5.97 Å². The van der Waals surface area contributed by atoms with E-state index >= 15 is 0 Å². The summed E-state index contributed by atoms with van der Waals surface area (Å²) in [5.74, 6) is -0.107. The van der Waals surface area contributed by atoms with Gasteiger partial charge in [-0.1, -0.05) is 64.0 Å². The van der Waals surface area contributed by atoms with Crippen LogP contribution in [-0.4, -0.2) is 11.9 Å². The number of carbonyl (C=O) groups excluding carboxylic acids is 1. The fourth-order valence-electron chi connectivity index (χ4n) is 2.19. The summed E-state index contributed by atoms with van der Waals surface area (Å²) in [5, 5.41) is 0. The molecule has 0 fully saturated rings. The van der Waals surface area contributed by atoms with Gasteiger partial charge in [0.2, 0.25) is 5.90 Å². The lowest BCUT2D eigenvalue weighted by atomic mass is 10.1. The molecule has 23 heavy (non-hydrogen) atoms. The Morgan fingerprint density at radius 3 is 2.65 bits per heavy atom. The van der Waals surface area contributed by atoms with Crippen molar-refractivity contribution in [3.8, 4) is 0 Å². The number of ether oxygens (including phenoxy) is 1. The molecular formula is C19H14BrNO2. The van der Waals surface area contributed by atoms with E-state index in [9.17, 15) is 4.79 Å². The highest BCUT2D eigenvalue weighted by molar-refractivity contribution is 9.12. The third-order valence-electron chi connectivity index (χ3n) is 3.26. The van der Waals surface area contributed by atoms with Gasteiger partial charge in [0.05, 0.1) is 0 Å². The molecule has 0 amide bonds. The summed E-state index contributed by atoms with van der Waals surface area (Å²) in [5.41, 5.74) is 3.19. The third-order valence-corrected chi connectivity index (χ3v) is 3.72. The molecule has 3 rings (SSSR count). The second kappa shape index (κ2) is 6.75. The highest BCUT2D eigenvalue weighted by atomic mass is 79.9. The van der Waals surface area contributed by atoms with Gasteiger partial charge in [-0.05, 0) is 36.8 Å². The number of allylic oxidation sites excluding steroid dienone is 2. The predicted molar refractivity (Wildman–Crippen MR) is 95.2 cm³/mol. The molecule has 114 valence electrons. The average molecular weight is 368 g/mol. The van der Waals surface area contributed by atoms with E-state index in [-0.39, 0.29) is 5.70 Å². The number of aryl methyl sites for hydroxylation is 1. The maximum absolute atomic E-state index is 12.0. The average Bonchev–Trinajstić information content (AvgIpc) is 2.89. The maximum atomic E-state index is 12.0. The van der Waals surface area contributed by atoms with Crippen molar-refractivity contribution in [3.63, 3.8) is 0 Å². The van der Waals surface area contributed by atoms with Crippen molar-refractivity contribution >= 4 is 33.9 Å². The Bertz CT molecular complexity index is 835. The summed E-state index contributed by atoms with van der Waals surface area (Å²) >= 11 is 3.45. The van der Waals surface area contributed by atoms with Crippen LogP contribution in [0, 0.1) is 6.92 Å². The normalized spacial score (nSPS) is 16.4. The molecule has 0 bridgehead atoms. The van der Waals surface area contributed by atoms with Gasteiger partial charge in [0, 0.05) is 10.0 Å². The molecule has 0 aromatic heterocycles. The van der Waals surface area contributed by atoms with Crippen LogP contribution in [0.5, 0.6) is 0 Å². The summed E-state index contributed by atoms with van der Waals surface area (Å²) < 4.78 is 6.02. The first-order chi connectivity index (χ1) is 11.1. The van der Waals surface area contributed by atoms with Crippen LogP contribution in [-0.2, 0) is 9.53 Å². The SMILES string of the molecule is Cc1cccc(C2=NC(=CC(Br)=Cc3ccccc3)C(=O)O2)c1. The number of esters is 1. The number of carbonyl (C=O) groups is 1. The zero-order chi connectivity index (χ0) is 16.2. The lowest BCUT2D eigenvalue weighted by molar-refractivity contribution is -0.130. The number of hydrogen-bond acceptors (Lipinski definition) is 3. The van der Waals surface area contributed by atoms with Crippen molar-refractivity contribution in [3.05, 3.63) is 87.5 Å². The van der Waals surface area contributed by atoms with E-state index in [1.54, 1.807) is 6.08 Å². The number of halogens is 1. The zero-order valence-electron chi connectivity index (χ0n) is 12.5. The molecular weight excluding hydrogens is 354 g/mol. The summed E-state index contributed by atoms with van der Waals surface area (Å²) in [4.78, 5) is 16.3. The van der Waals surface area contributed by atoms with Crippen LogP contribution in [0.1, 0.15) is 16.7 Å². The number of benzene rings is 2. The van der Waals surface area contributed by atoms with Crippen LogP contribution in [0.2, 0.25) is 0 Å². The Morgan fingerprint density at radius 1 is 1.13 bits per heavy atom. The molecule has 0 saturated carbocycles. The molecule has 0 unspecified atom stereocenters. The Morgan fingerprint density at radius 2 is 1.91 bits per heavy atom. The molecule has 0 N–H and O–H groups in total. The van der Waals surface area contributed by atoms with Crippen LogP contribution in [0.4, 0.5) is 0 Å². The monoisotopic (exact) mass is 367 g/mol. The Balaban J connectivity index is 1.88. The molecule has 0 spiro atoms. The minimum atomic E-state index is -0.445. The molecule has 4 heteroatoms. The second-order valence-corrected chi connectivity index (χ2v) is 6.06. The molecule has 2 aromatic carbocycles. The molecule has 0 radical (unpaired) electrons. The van der Waals surface area contributed by atoms with Crippen LogP contribution >= 0.6 is 15.9 Å². The standard InChI is InChI=1S/C19H14BrNO2/c1-13-6-5-9-15(10-13)18-21-17(19(22)23-18)12-16(20)11-14-7-3-2-4-8-14/h2-12H,1H3. The first-order valence-corrected chi connectivity index (χ1v) is 7.93. The second-order valence-electron chi connectivity index (χ2n) is 5.15. The molecule has 0 atom stereocenters. The Kier molecular flexibility index (Phi) is 4.53. The molecule has 3 nitrogen and oxygen atoms in total. The number of nitrogens with zero attached hydrogens (tertiary/aromatic N) is 1. The van der Waals surface area contributed by atoms with E-state index in [0.717, 1.165) is 21.2 Å². The first-order valence-electron chi connectivity index (χ1n) is 7.14. The fraction of sp³-hybridized carbons (Fsp3) is 0.0526. The van der Waals surface area contributed by atoms with Crippen molar-refractivity contribution in [1.29, 1.82) is 0 Å². The van der Waals surface area contributed by atoms with Gasteiger partial charge in [-0.2, -0.15) is 0 Å². The Labute approximate surface area is 143 Å². The highest BCUT2D eigenvalue weighted by Gasteiger charge is 2.24. The number of rotatable bonds is 3. The lowest BCUT2D eigenvalue weighted by Gasteiger charge is -1.99. The van der Waals surface area contributed by atoms with E-state index in [1.165, 1.54) is 0 Å². The predicted octanol–water partition coefficient (Wildman–Crippen LogP) is 4.62. The minimum Gasteiger partial charge on any atom is -0.402 e. The smallest absolute Gasteiger partial charge is 0.363 e. The minimum absolute atomic E-state index is 0.278. The highest BCUT2D eigenvalue weighted by Crippen LogP contribution is 2.21. The topological polar surface area (TPSA) is 38.7 Å². The van der Waals surface area contributed by atoms with Gasteiger partial charge >= 0.3 is 5.97 Å². The van der Waals surface area contributed by atoms with Gasteiger partial charge in [0.1, 0.15) is 0 Å². The quantitative estimate of drug-likeness (QED) is 0.586. The van der Waals surface area contributed by atoms with Gasteiger partial charge in [-0.25, -0.2) is 9.79 Å². The fourth-order valence-corrected chi connectivity index (χ4v) is 2.67. The van der Waals surface area contributed by atoms with Gasteiger partial charge in [0.15, 0.2) is 5.70 Å². The molecule has 0 aliphatic carbocycles. The van der Waals surface area contributed by atoms with Crippen LogP contribution < -0.4 is 0 Å². The third kappa shape index (κ3) is 3.85. The van der Waals surface area contributed by atoms with Crippen molar-refractivity contribution < 1.29 is 9.53 Å². The Hall–Kier alpha value is -2.46. The molecule has 2 aromatic rings. The van der Waals surface area contributed by atoms with Gasteiger partial charge in [0.25, 0.3) is 0 Å². The number of aliphatic imine (C=N–C) groups is 1. The van der Waals surface area contributed by atoms with E-state index in [4.69, 9.17) is 4.74 Å². The molecule has 1 heterocycles. The maximum Gasteiger partial charge on any atom is 0.363 e.